The molecular formula is C23H24Cl2N2O4. The normalized spacial score (nSPS) is 18.2. The van der Waals surface area contributed by atoms with E-state index in [1.54, 1.807) is 43.5 Å². The maximum absolute atomic E-state index is 13.4. The Bertz CT molecular complexity index is 1070. The molecule has 0 bridgehead atoms. The van der Waals surface area contributed by atoms with Crippen LogP contribution in [0.25, 0.3) is 5.76 Å². The van der Waals surface area contributed by atoms with Gasteiger partial charge in [0, 0.05) is 15.6 Å². The van der Waals surface area contributed by atoms with Gasteiger partial charge in [-0.3, -0.25) is 9.59 Å². The van der Waals surface area contributed by atoms with Gasteiger partial charge in [0.15, 0.2) is 0 Å². The Morgan fingerprint density at radius 3 is 2.45 bits per heavy atom. The standard InChI is InChI=1S/C23H24Cl2N2O4/c1-13-11-14(5-8-18(13)31-4)21(28)19-20(16-7-6-15(24)12-17(16)25)27(10-9-26(2)3)23(30)22(19)29/h5-8,11-12,20,28H,9-10H2,1-4H3. The zero-order valence-corrected chi connectivity index (χ0v) is 19.3. The number of halogens is 2. The van der Waals surface area contributed by atoms with Gasteiger partial charge in [-0.05, 0) is 47.9 Å². The molecule has 2 aromatic rings. The molecule has 1 aliphatic rings. The van der Waals surface area contributed by atoms with Crippen LogP contribution in [0.3, 0.4) is 0 Å². The molecule has 6 nitrogen and oxygen atoms in total. The quantitative estimate of drug-likeness (QED) is 0.402. The van der Waals surface area contributed by atoms with Gasteiger partial charge in [0.05, 0.1) is 40.3 Å². The first-order valence-electron chi connectivity index (χ1n) is 9.81. The number of nitrogens with one attached hydrogen (secondary N) is 1. The van der Waals surface area contributed by atoms with Crippen LogP contribution in [-0.4, -0.2) is 50.9 Å². The van der Waals surface area contributed by atoms with Gasteiger partial charge in [-0.1, -0.05) is 41.1 Å². The second-order valence-corrected chi connectivity index (χ2v) is 8.62. The summed E-state index contributed by atoms with van der Waals surface area (Å²) in [6.45, 7) is 2.71. The third-order valence-corrected chi connectivity index (χ3v) is 5.86. The van der Waals surface area contributed by atoms with E-state index in [-0.39, 0.29) is 5.57 Å². The number of likely N-dealkylation sites (N-methyl/N-ethyl adjacent to an activating group) is 1. The average Bonchev–Trinajstić information content (AvgIpc) is 2.96. The molecule has 0 spiro atoms. The smallest absolute Gasteiger partial charge is 0.295 e. The van der Waals surface area contributed by atoms with Crippen molar-refractivity contribution in [3.63, 3.8) is 0 Å². The number of quaternary nitrogens is 1. The van der Waals surface area contributed by atoms with E-state index < -0.39 is 23.5 Å². The molecule has 8 heteroatoms. The summed E-state index contributed by atoms with van der Waals surface area (Å²) in [6, 6.07) is 8.86. The third-order valence-electron chi connectivity index (χ3n) is 5.30. The minimum Gasteiger partial charge on any atom is -0.872 e. The second-order valence-electron chi connectivity index (χ2n) is 7.78. The highest BCUT2D eigenvalue weighted by Gasteiger charge is 2.45. The van der Waals surface area contributed by atoms with Gasteiger partial charge in [-0.15, -0.1) is 0 Å². The average molecular weight is 463 g/mol. The van der Waals surface area contributed by atoms with Crippen molar-refractivity contribution in [2.75, 3.05) is 34.3 Å². The van der Waals surface area contributed by atoms with Gasteiger partial charge in [-0.2, -0.15) is 0 Å². The minimum absolute atomic E-state index is 0.104. The Morgan fingerprint density at radius 2 is 1.87 bits per heavy atom. The number of Topliss-reactive ketones (excluding diaryl/α,β-unsaturated/α-hetero) is 1. The monoisotopic (exact) mass is 462 g/mol. The van der Waals surface area contributed by atoms with Crippen LogP contribution in [0.1, 0.15) is 22.7 Å². The zero-order chi connectivity index (χ0) is 22.9. The number of nitrogens with zero attached hydrogens (tertiary/aromatic N) is 1. The molecule has 0 aromatic heterocycles. The molecule has 0 radical (unpaired) electrons. The Labute approximate surface area is 191 Å². The molecule has 0 aliphatic carbocycles. The summed E-state index contributed by atoms with van der Waals surface area (Å²) in [5.41, 5.74) is 1.45. The van der Waals surface area contributed by atoms with Crippen LogP contribution in [0, 0.1) is 6.92 Å². The van der Waals surface area contributed by atoms with E-state index in [0.717, 1.165) is 10.5 Å². The number of carbonyl (C=O) groups excluding carboxylic acids is 2. The highest BCUT2D eigenvalue weighted by molar-refractivity contribution is 6.47. The number of likely N-dealkylation sites (tertiary alicyclic amines) is 1. The Kier molecular flexibility index (Phi) is 6.94. The minimum atomic E-state index is -0.876. The molecule has 3 rings (SSSR count). The molecule has 1 amide bonds. The lowest BCUT2D eigenvalue weighted by atomic mass is 9.94. The van der Waals surface area contributed by atoms with Crippen molar-refractivity contribution in [1.29, 1.82) is 0 Å². The first-order valence-corrected chi connectivity index (χ1v) is 10.6. The van der Waals surface area contributed by atoms with Gasteiger partial charge in [0.2, 0.25) is 5.78 Å². The van der Waals surface area contributed by atoms with Gasteiger partial charge >= 0.3 is 0 Å². The second kappa shape index (κ2) is 9.30. The number of rotatable bonds is 6. The SMILES string of the molecule is COc1ccc(C([O-])=C2C(=O)C(=O)N(CC[NH+](C)C)C2c2ccc(Cl)cc2Cl)cc1C. The molecule has 1 saturated heterocycles. The molecule has 31 heavy (non-hydrogen) atoms. The van der Waals surface area contributed by atoms with Crippen molar-refractivity contribution in [2.24, 2.45) is 0 Å². The van der Waals surface area contributed by atoms with Crippen LogP contribution in [0.5, 0.6) is 5.75 Å². The lowest BCUT2D eigenvalue weighted by Crippen LogP contribution is -3.06. The van der Waals surface area contributed by atoms with E-state index in [1.807, 2.05) is 21.0 Å². The fourth-order valence-corrected chi connectivity index (χ4v) is 4.18. The van der Waals surface area contributed by atoms with Crippen molar-refractivity contribution in [2.45, 2.75) is 13.0 Å². The van der Waals surface area contributed by atoms with E-state index in [1.165, 1.54) is 4.90 Å². The zero-order valence-electron chi connectivity index (χ0n) is 17.8. The number of ether oxygens (including phenoxy) is 1. The van der Waals surface area contributed by atoms with Gasteiger partial charge in [0.25, 0.3) is 5.91 Å². The summed E-state index contributed by atoms with van der Waals surface area (Å²) in [5.74, 6) is -1.38. The van der Waals surface area contributed by atoms with Crippen molar-refractivity contribution >= 4 is 40.7 Å². The molecule has 1 N–H and O–H groups in total. The summed E-state index contributed by atoms with van der Waals surface area (Å²) >= 11 is 12.5. The summed E-state index contributed by atoms with van der Waals surface area (Å²) in [6.07, 6.45) is 0. The molecule has 1 unspecified atom stereocenters. The van der Waals surface area contributed by atoms with E-state index >= 15 is 0 Å². The molecule has 1 aliphatic heterocycles. The first kappa shape index (κ1) is 23.1. The van der Waals surface area contributed by atoms with Crippen LogP contribution in [-0.2, 0) is 9.59 Å². The molecule has 1 fully saturated rings. The predicted octanol–water partition coefficient (Wildman–Crippen LogP) is 1.68. The van der Waals surface area contributed by atoms with Crippen LogP contribution >= 0.6 is 23.2 Å². The Balaban J connectivity index is 2.19. The topological polar surface area (TPSA) is 74.1 Å². The van der Waals surface area contributed by atoms with Gasteiger partial charge < -0.3 is 19.6 Å². The molecule has 1 heterocycles. The van der Waals surface area contributed by atoms with Crippen LogP contribution in [0.2, 0.25) is 10.0 Å². The highest BCUT2D eigenvalue weighted by atomic mass is 35.5. The number of aryl methyl sites for hydroxylation is 1. The van der Waals surface area contributed by atoms with Gasteiger partial charge in [0.1, 0.15) is 5.75 Å². The maximum atomic E-state index is 13.4. The van der Waals surface area contributed by atoms with Crippen molar-refractivity contribution in [3.8, 4) is 5.75 Å². The van der Waals surface area contributed by atoms with Crippen molar-refractivity contribution in [1.82, 2.24) is 4.90 Å². The van der Waals surface area contributed by atoms with Crippen LogP contribution in [0.4, 0.5) is 0 Å². The van der Waals surface area contributed by atoms with Crippen LogP contribution in [0.15, 0.2) is 42.0 Å². The Morgan fingerprint density at radius 1 is 1.16 bits per heavy atom. The van der Waals surface area contributed by atoms with E-state index in [9.17, 15) is 14.7 Å². The predicted molar refractivity (Wildman–Crippen MR) is 118 cm³/mol. The number of hydrogen-bond acceptors (Lipinski definition) is 4. The fraction of sp³-hybridized carbons (Fsp3) is 0.304. The molecule has 0 saturated carbocycles. The highest BCUT2D eigenvalue weighted by Crippen LogP contribution is 2.41. The number of carbonyl (C=O) groups is 2. The Hall–Kier alpha value is -2.54. The van der Waals surface area contributed by atoms with E-state index in [2.05, 4.69) is 0 Å². The summed E-state index contributed by atoms with van der Waals surface area (Å²) in [5, 5.41) is 14.2. The number of hydrogen-bond donors (Lipinski definition) is 1. The number of amides is 1. The van der Waals surface area contributed by atoms with E-state index in [4.69, 9.17) is 27.9 Å². The van der Waals surface area contributed by atoms with Gasteiger partial charge in [-0.25, -0.2) is 0 Å². The lowest BCUT2D eigenvalue weighted by Gasteiger charge is -2.28. The number of methoxy groups -OCH3 is 1. The first-order chi connectivity index (χ1) is 14.6. The van der Waals surface area contributed by atoms with E-state index in [0.29, 0.717) is 40.0 Å². The van der Waals surface area contributed by atoms with Crippen molar-refractivity contribution < 1.29 is 24.3 Å². The largest absolute Gasteiger partial charge is 0.872 e. The fourth-order valence-electron chi connectivity index (χ4n) is 3.67. The molecule has 1 atom stereocenters. The lowest BCUT2D eigenvalue weighted by molar-refractivity contribution is -0.857. The number of ketones is 1. The van der Waals surface area contributed by atoms with Crippen LogP contribution < -0.4 is 14.7 Å². The molecule has 2 aromatic carbocycles. The molecule has 164 valence electrons. The summed E-state index contributed by atoms with van der Waals surface area (Å²) in [4.78, 5) is 28.4. The third kappa shape index (κ3) is 4.56. The maximum Gasteiger partial charge on any atom is 0.295 e. The summed E-state index contributed by atoms with van der Waals surface area (Å²) in [7, 11) is 5.44. The molecular weight excluding hydrogens is 439 g/mol. The van der Waals surface area contributed by atoms with Crippen molar-refractivity contribution in [3.05, 3.63) is 68.7 Å². The summed E-state index contributed by atoms with van der Waals surface area (Å²) < 4.78 is 5.25. The number of benzene rings is 2.